The van der Waals surface area contributed by atoms with Crippen molar-refractivity contribution in [2.75, 3.05) is 19.3 Å². The molecule has 0 aliphatic heterocycles. The minimum atomic E-state index is 0.705. The summed E-state index contributed by atoms with van der Waals surface area (Å²) in [6.07, 6.45) is 0. The van der Waals surface area contributed by atoms with Crippen molar-refractivity contribution in [3.8, 4) is 0 Å². The minimum absolute atomic E-state index is 0.705. The SMILES string of the molecule is Cc1c(N)cccc1CN(C)CC(C)C. The Balaban J connectivity index is 2.68. The summed E-state index contributed by atoms with van der Waals surface area (Å²) < 4.78 is 0. The molecule has 0 heterocycles. The van der Waals surface area contributed by atoms with Gasteiger partial charge in [0.15, 0.2) is 0 Å². The van der Waals surface area contributed by atoms with Crippen LogP contribution in [0, 0.1) is 12.8 Å². The molecule has 0 unspecified atom stereocenters. The van der Waals surface area contributed by atoms with Crippen molar-refractivity contribution in [3.63, 3.8) is 0 Å². The summed E-state index contributed by atoms with van der Waals surface area (Å²) >= 11 is 0. The number of rotatable bonds is 4. The summed E-state index contributed by atoms with van der Waals surface area (Å²) in [6.45, 7) is 8.67. The van der Waals surface area contributed by atoms with E-state index in [0.29, 0.717) is 5.92 Å². The van der Waals surface area contributed by atoms with E-state index in [1.807, 2.05) is 12.1 Å². The summed E-state index contributed by atoms with van der Waals surface area (Å²) in [5.41, 5.74) is 9.32. The van der Waals surface area contributed by atoms with Gasteiger partial charge in [0.1, 0.15) is 0 Å². The predicted octanol–water partition coefficient (Wildman–Crippen LogP) is 2.67. The maximum absolute atomic E-state index is 5.88. The van der Waals surface area contributed by atoms with Crippen molar-refractivity contribution in [1.82, 2.24) is 4.90 Å². The van der Waals surface area contributed by atoms with Gasteiger partial charge in [0.2, 0.25) is 0 Å². The van der Waals surface area contributed by atoms with Crippen molar-refractivity contribution in [2.24, 2.45) is 5.92 Å². The first kappa shape index (κ1) is 12.1. The van der Waals surface area contributed by atoms with Gasteiger partial charge in [-0.2, -0.15) is 0 Å². The Morgan fingerprint density at radius 3 is 2.60 bits per heavy atom. The number of hydrogen-bond acceptors (Lipinski definition) is 2. The average molecular weight is 206 g/mol. The molecular weight excluding hydrogens is 184 g/mol. The van der Waals surface area contributed by atoms with E-state index in [4.69, 9.17) is 5.73 Å². The molecule has 0 atom stereocenters. The largest absolute Gasteiger partial charge is 0.399 e. The highest BCUT2D eigenvalue weighted by Gasteiger charge is 2.06. The highest BCUT2D eigenvalue weighted by atomic mass is 15.1. The summed E-state index contributed by atoms with van der Waals surface area (Å²) in [5.74, 6) is 0.705. The Kier molecular flexibility index (Phi) is 4.15. The smallest absolute Gasteiger partial charge is 0.0346 e. The summed E-state index contributed by atoms with van der Waals surface area (Å²) in [6, 6.07) is 6.14. The maximum Gasteiger partial charge on any atom is 0.0346 e. The molecule has 0 saturated heterocycles. The van der Waals surface area contributed by atoms with E-state index in [1.165, 1.54) is 11.1 Å². The topological polar surface area (TPSA) is 29.3 Å². The minimum Gasteiger partial charge on any atom is -0.399 e. The van der Waals surface area contributed by atoms with Crippen LogP contribution in [0.15, 0.2) is 18.2 Å². The quantitative estimate of drug-likeness (QED) is 0.767. The van der Waals surface area contributed by atoms with Gasteiger partial charge in [0.25, 0.3) is 0 Å². The normalized spacial score (nSPS) is 11.3. The lowest BCUT2D eigenvalue weighted by Gasteiger charge is -2.20. The molecule has 84 valence electrons. The van der Waals surface area contributed by atoms with Crippen molar-refractivity contribution in [2.45, 2.75) is 27.3 Å². The lowest BCUT2D eigenvalue weighted by atomic mass is 10.1. The molecule has 0 aliphatic rings. The molecule has 15 heavy (non-hydrogen) atoms. The fourth-order valence-corrected chi connectivity index (χ4v) is 1.85. The van der Waals surface area contributed by atoms with Crippen LogP contribution in [0.3, 0.4) is 0 Å². The zero-order valence-corrected chi connectivity index (χ0v) is 10.2. The van der Waals surface area contributed by atoms with E-state index in [0.717, 1.165) is 18.8 Å². The Bertz CT molecular complexity index is 318. The molecule has 1 rings (SSSR count). The molecule has 2 heteroatoms. The standard InChI is InChI=1S/C13H22N2/c1-10(2)8-15(4)9-12-6-5-7-13(14)11(12)3/h5-7,10H,8-9,14H2,1-4H3. The number of anilines is 1. The maximum atomic E-state index is 5.88. The molecule has 0 bridgehead atoms. The first-order valence-corrected chi connectivity index (χ1v) is 5.53. The molecule has 0 radical (unpaired) electrons. The Morgan fingerprint density at radius 2 is 2.00 bits per heavy atom. The fourth-order valence-electron chi connectivity index (χ4n) is 1.85. The predicted molar refractivity (Wildman–Crippen MR) is 66.8 cm³/mol. The van der Waals surface area contributed by atoms with Crippen LogP contribution in [0.4, 0.5) is 5.69 Å². The lowest BCUT2D eigenvalue weighted by Crippen LogP contribution is -2.23. The number of nitrogens with two attached hydrogens (primary N) is 1. The molecule has 2 nitrogen and oxygen atoms in total. The zero-order valence-electron chi connectivity index (χ0n) is 10.2. The van der Waals surface area contributed by atoms with Crippen LogP contribution in [-0.4, -0.2) is 18.5 Å². The zero-order chi connectivity index (χ0) is 11.4. The molecular formula is C13H22N2. The van der Waals surface area contributed by atoms with Gasteiger partial charge in [-0.15, -0.1) is 0 Å². The van der Waals surface area contributed by atoms with E-state index in [2.05, 4.69) is 38.8 Å². The van der Waals surface area contributed by atoms with Crippen LogP contribution >= 0.6 is 0 Å². The van der Waals surface area contributed by atoms with Crippen LogP contribution in [0.1, 0.15) is 25.0 Å². The van der Waals surface area contributed by atoms with Crippen LogP contribution < -0.4 is 5.73 Å². The van der Waals surface area contributed by atoms with Crippen LogP contribution in [0.25, 0.3) is 0 Å². The fraction of sp³-hybridized carbons (Fsp3) is 0.538. The van der Waals surface area contributed by atoms with Crippen molar-refractivity contribution in [1.29, 1.82) is 0 Å². The van der Waals surface area contributed by atoms with Gasteiger partial charge in [-0.05, 0) is 37.1 Å². The summed E-state index contributed by atoms with van der Waals surface area (Å²) in [5, 5.41) is 0. The number of nitrogen functional groups attached to an aromatic ring is 1. The number of benzene rings is 1. The Morgan fingerprint density at radius 1 is 1.33 bits per heavy atom. The summed E-state index contributed by atoms with van der Waals surface area (Å²) in [4.78, 5) is 2.34. The molecule has 0 fully saturated rings. The van der Waals surface area contributed by atoms with E-state index in [-0.39, 0.29) is 0 Å². The van der Waals surface area contributed by atoms with Gasteiger partial charge in [-0.1, -0.05) is 26.0 Å². The van der Waals surface area contributed by atoms with E-state index < -0.39 is 0 Å². The second-order valence-corrected chi connectivity index (χ2v) is 4.72. The molecule has 2 N–H and O–H groups in total. The van der Waals surface area contributed by atoms with Crippen molar-refractivity contribution < 1.29 is 0 Å². The average Bonchev–Trinajstić information content (AvgIpc) is 2.11. The molecule has 0 amide bonds. The Hall–Kier alpha value is -1.02. The number of hydrogen-bond donors (Lipinski definition) is 1. The van der Waals surface area contributed by atoms with E-state index in [1.54, 1.807) is 0 Å². The first-order valence-electron chi connectivity index (χ1n) is 5.53. The van der Waals surface area contributed by atoms with Crippen molar-refractivity contribution in [3.05, 3.63) is 29.3 Å². The third-order valence-corrected chi connectivity index (χ3v) is 2.60. The monoisotopic (exact) mass is 206 g/mol. The van der Waals surface area contributed by atoms with Gasteiger partial charge in [0, 0.05) is 18.8 Å². The molecule has 1 aromatic carbocycles. The van der Waals surface area contributed by atoms with E-state index in [9.17, 15) is 0 Å². The highest BCUT2D eigenvalue weighted by molar-refractivity contribution is 5.49. The van der Waals surface area contributed by atoms with Crippen LogP contribution in [0.5, 0.6) is 0 Å². The van der Waals surface area contributed by atoms with E-state index >= 15 is 0 Å². The number of nitrogens with zero attached hydrogens (tertiary/aromatic N) is 1. The lowest BCUT2D eigenvalue weighted by molar-refractivity contribution is 0.288. The molecule has 1 aromatic rings. The van der Waals surface area contributed by atoms with Gasteiger partial charge in [-0.3, -0.25) is 0 Å². The second kappa shape index (κ2) is 5.17. The third-order valence-electron chi connectivity index (χ3n) is 2.60. The van der Waals surface area contributed by atoms with Crippen LogP contribution in [-0.2, 0) is 6.54 Å². The van der Waals surface area contributed by atoms with Crippen molar-refractivity contribution >= 4 is 5.69 Å². The van der Waals surface area contributed by atoms with Gasteiger partial charge >= 0.3 is 0 Å². The second-order valence-electron chi connectivity index (χ2n) is 4.72. The molecule has 0 saturated carbocycles. The van der Waals surface area contributed by atoms with Crippen LogP contribution in [0.2, 0.25) is 0 Å². The van der Waals surface area contributed by atoms with Gasteiger partial charge in [0.05, 0.1) is 0 Å². The first-order chi connectivity index (χ1) is 7.00. The summed E-state index contributed by atoms with van der Waals surface area (Å²) in [7, 11) is 2.16. The molecule has 0 aliphatic carbocycles. The third kappa shape index (κ3) is 3.56. The van der Waals surface area contributed by atoms with Gasteiger partial charge in [-0.25, -0.2) is 0 Å². The molecule has 0 spiro atoms. The Labute approximate surface area is 93.1 Å². The highest BCUT2D eigenvalue weighted by Crippen LogP contribution is 2.17. The van der Waals surface area contributed by atoms with Gasteiger partial charge < -0.3 is 10.6 Å². The molecule has 0 aromatic heterocycles.